The second kappa shape index (κ2) is 7.97. The van der Waals surface area contributed by atoms with Gasteiger partial charge in [-0.2, -0.15) is 0 Å². The number of hydrogen-bond donors (Lipinski definition) is 2. The van der Waals surface area contributed by atoms with E-state index < -0.39 is 5.91 Å². The molecule has 0 radical (unpaired) electrons. The zero-order chi connectivity index (χ0) is 15.1. The first-order valence-corrected chi connectivity index (χ1v) is 6.88. The second-order valence-corrected chi connectivity index (χ2v) is 4.97. The number of carbonyl (C=O) groups excluding carboxylic acids is 1. The maximum Gasteiger partial charge on any atom is 0.220 e. The first-order valence-electron chi connectivity index (χ1n) is 6.51. The van der Waals surface area contributed by atoms with E-state index in [0.29, 0.717) is 22.9 Å². The molecule has 0 aromatic heterocycles. The number of rotatable bonds is 8. The van der Waals surface area contributed by atoms with Crippen molar-refractivity contribution in [3.8, 4) is 11.5 Å². The van der Waals surface area contributed by atoms with Gasteiger partial charge in [-0.1, -0.05) is 18.5 Å². The molecule has 0 heterocycles. The van der Waals surface area contributed by atoms with E-state index in [0.717, 1.165) is 12.0 Å². The lowest BCUT2D eigenvalue weighted by atomic mass is 10.0. The largest absolute Gasteiger partial charge is 0.493 e. The number of ether oxygens (including phenoxy) is 2. The van der Waals surface area contributed by atoms with E-state index in [1.54, 1.807) is 12.1 Å². The van der Waals surface area contributed by atoms with Crippen molar-refractivity contribution < 1.29 is 14.3 Å². The number of methoxy groups -OCH3 is 1. The van der Waals surface area contributed by atoms with Gasteiger partial charge in [-0.25, -0.2) is 0 Å². The lowest BCUT2D eigenvalue weighted by molar-refractivity contribution is -0.118. The Labute approximate surface area is 124 Å². The first kappa shape index (κ1) is 16.6. The van der Waals surface area contributed by atoms with Crippen LogP contribution in [0.15, 0.2) is 12.1 Å². The SMILES string of the molecule is CCC(N)Cc1cc(Cl)cc(OC)c1OCCC(N)=O. The number of primary amides is 1. The fourth-order valence-electron chi connectivity index (χ4n) is 1.77. The van der Waals surface area contributed by atoms with Gasteiger partial charge in [-0.15, -0.1) is 0 Å². The fourth-order valence-corrected chi connectivity index (χ4v) is 2.00. The molecular formula is C14H21ClN2O3. The number of hydrogen-bond acceptors (Lipinski definition) is 4. The Balaban J connectivity index is 2.98. The molecule has 6 heteroatoms. The van der Waals surface area contributed by atoms with E-state index in [1.165, 1.54) is 7.11 Å². The van der Waals surface area contributed by atoms with E-state index in [-0.39, 0.29) is 19.1 Å². The summed E-state index contributed by atoms with van der Waals surface area (Å²) in [5.41, 5.74) is 11.9. The fraction of sp³-hybridized carbons (Fsp3) is 0.500. The molecule has 0 spiro atoms. The van der Waals surface area contributed by atoms with Gasteiger partial charge >= 0.3 is 0 Å². The summed E-state index contributed by atoms with van der Waals surface area (Å²) in [5, 5.41) is 0.558. The molecule has 0 aliphatic heterocycles. The quantitative estimate of drug-likeness (QED) is 0.767. The van der Waals surface area contributed by atoms with Gasteiger partial charge in [0.15, 0.2) is 11.5 Å². The molecule has 4 N–H and O–H groups in total. The minimum Gasteiger partial charge on any atom is -0.493 e. The molecule has 0 bridgehead atoms. The van der Waals surface area contributed by atoms with Gasteiger partial charge < -0.3 is 20.9 Å². The molecular weight excluding hydrogens is 280 g/mol. The average molecular weight is 301 g/mol. The van der Waals surface area contributed by atoms with Crippen molar-refractivity contribution in [3.05, 3.63) is 22.7 Å². The molecule has 1 atom stereocenters. The standard InChI is InChI=1S/C14H21ClN2O3/c1-3-11(16)7-9-6-10(15)8-12(19-2)14(9)20-5-4-13(17)18/h6,8,11H,3-5,7,16H2,1-2H3,(H2,17,18). The van der Waals surface area contributed by atoms with Gasteiger partial charge in [0, 0.05) is 22.7 Å². The van der Waals surface area contributed by atoms with Gasteiger partial charge in [0.05, 0.1) is 20.1 Å². The highest BCUT2D eigenvalue weighted by atomic mass is 35.5. The summed E-state index contributed by atoms with van der Waals surface area (Å²) in [7, 11) is 1.54. The summed E-state index contributed by atoms with van der Waals surface area (Å²) in [4.78, 5) is 10.8. The zero-order valence-electron chi connectivity index (χ0n) is 11.8. The van der Waals surface area contributed by atoms with Crippen LogP contribution in [-0.2, 0) is 11.2 Å². The van der Waals surface area contributed by atoms with Crippen LogP contribution in [0.5, 0.6) is 11.5 Å². The maximum atomic E-state index is 10.8. The predicted octanol–water partition coefficient (Wildman–Crippen LogP) is 1.88. The molecule has 0 fully saturated rings. The molecule has 0 saturated heterocycles. The van der Waals surface area contributed by atoms with Crippen LogP contribution < -0.4 is 20.9 Å². The Bertz CT molecular complexity index is 466. The van der Waals surface area contributed by atoms with Crippen molar-refractivity contribution in [1.82, 2.24) is 0 Å². The molecule has 1 unspecified atom stereocenters. The van der Waals surface area contributed by atoms with Gasteiger partial charge in [0.25, 0.3) is 0 Å². The third kappa shape index (κ3) is 4.90. The smallest absolute Gasteiger partial charge is 0.220 e. The third-order valence-electron chi connectivity index (χ3n) is 2.92. The van der Waals surface area contributed by atoms with Crippen molar-refractivity contribution in [1.29, 1.82) is 0 Å². The van der Waals surface area contributed by atoms with Gasteiger partial charge in [0.2, 0.25) is 5.91 Å². The van der Waals surface area contributed by atoms with Gasteiger partial charge in [-0.05, 0) is 18.9 Å². The van der Waals surface area contributed by atoms with Crippen LogP contribution in [0.4, 0.5) is 0 Å². The molecule has 20 heavy (non-hydrogen) atoms. The number of amides is 1. The highest BCUT2D eigenvalue weighted by Crippen LogP contribution is 2.35. The summed E-state index contributed by atoms with van der Waals surface area (Å²) in [5.74, 6) is 0.687. The molecule has 1 aromatic carbocycles. The van der Waals surface area contributed by atoms with Crippen molar-refractivity contribution >= 4 is 17.5 Å². The molecule has 1 amide bonds. The van der Waals surface area contributed by atoms with Gasteiger partial charge in [0.1, 0.15) is 0 Å². The van der Waals surface area contributed by atoms with Crippen LogP contribution in [0.1, 0.15) is 25.3 Å². The molecule has 0 aliphatic rings. The van der Waals surface area contributed by atoms with E-state index >= 15 is 0 Å². The Kier molecular flexibility index (Phi) is 6.61. The summed E-state index contributed by atoms with van der Waals surface area (Å²) >= 11 is 6.06. The third-order valence-corrected chi connectivity index (χ3v) is 3.14. The van der Waals surface area contributed by atoms with E-state index in [9.17, 15) is 4.79 Å². The summed E-state index contributed by atoms with van der Waals surface area (Å²) in [6.07, 6.45) is 1.61. The Morgan fingerprint density at radius 3 is 2.70 bits per heavy atom. The van der Waals surface area contributed by atoms with Crippen LogP contribution in [0, 0.1) is 0 Å². The van der Waals surface area contributed by atoms with Crippen LogP contribution in [0.3, 0.4) is 0 Å². The molecule has 0 saturated carbocycles. The number of halogens is 1. The molecule has 112 valence electrons. The highest BCUT2D eigenvalue weighted by molar-refractivity contribution is 6.30. The maximum absolute atomic E-state index is 10.8. The van der Waals surface area contributed by atoms with Crippen LogP contribution in [-0.4, -0.2) is 25.7 Å². The lowest BCUT2D eigenvalue weighted by Gasteiger charge is -2.17. The number of nitrogens with two attached hydrogens (primary N) is 2. The van der Waals surface area contributed by atoms with Crippen LogP contribution in [0.2, 0.25) is 5.02 Å². The molecule has 1 rings (SSSR count). The average Bonchev–Trinajstić information content (AvgIpc) is 2.39. The van der Waals surface area contributed by atoms with Crippen molar-refractivity contribution in [2.75, 3.05) is 13.7 Å². The van der Waals surface area contributed by atoms with Crippen molar-refractivity contribution in [2.45, 2.75) is 32.2 Å². The van der Waals surface area contributed by atoms with Crippen molar-refractivity contribution in [3.63, 3.8) is 0 Å². The van der Waals surface area contributed by atoms with E-state index in [1.807, 2.05) is 6.92 Å². The summed E-state index contributed by atoms with van der Waals surface area (Å²) < 4.78 is 10.9. The minimum absolute atomic E-state index is 0.0108. The summed E-state index contributed by atoms with van der Waals surface area (Å²) in [6.45, 7) is 2.21. The Morgan fingerprint density at radius 1 is 1.45 bits per heavy atom. The zero-order valence-corrected chi connectivity index (χ0v) is 12.6. The van der Waals surface area contributed by atoms with Crippen molar-refractivity contribution in [2.24, 2.45) is 11.5 Å². The second-order valence-electron chi connectivity index (χ2n) is 4.53. The van der Waals surface area contributed by atoms with Gasteiger partial charge in [-0.3, -0.25) is 4.79 Å². The minimum atomic E-state index is -0.412. The molecule has 0 aliphatic carbocycles. The predicted molar refractivity (Wildman–Crippen MR) is 79.3 cm³/mol. The number of benzene rings is 1. The molecule has 5 nitrogen and oxygen atoms in total. The van der Waals surface area contributed by atoms with E-state index in [2.05, 4.69) is 0 Å². The Morgan fingerprint density at radius 2 is 2.15 bits per heavy atom. The molecule has 1 aromatic rings. The number of carbonyl (C=O) groups is 1. The Hall–Kier alpha value is -1.46. The first-order chi connectivity index (χ1) is 9.47. The van der Waals surface area contributed by atoms with Crippen LogP contribution >= 0.6 is 11.6 Å². The topological polar surface area (TPSA) is 87.6 Å². The normalized spacial score (nSPS) is 12.0. The lowest BCUT2D eigenvalue weighted by Crippen LogP contribution is -2.22. The summed E-state index contributed by atoms with van der Waals surface area (Å²) in [6, 6.07) is 3.48. The van der Waals surface area contributed by atoms with E-state index in [4.69, 9.17) is 32.5 Å². The van der Waals surface area contributed by atoms with Crippen LogP contribution in [0.25, 0.3) is 0 Å². The monoisotopic (exact) mass is 300 g/mol. The highest BCUT2D eigenvalue weighted by Gasteiger charge is 2.15.